The highest BCUT2D eigenvalue weighted by atomic mass is 32.2. The molecular weight excluding hydrogens is 259 g/mol. The molecule has 0 unspecified atom stereocenters. The number of rotatable bonds is 7. The number of hydrogen-bond acceptors (Lipinski definition) is 4. The highest BCUT2D eigenvalue weighted by Crippen LogP contribution is 2.22. The van der Waals surface area contributed by atoms with Crippen molar-refractivity contribution < 1.29 is 22.7 Å². The molecule has 6 heteroatoms. The summed E-state index contributed by atoms with van der Waals surface area (Å²) in [6, 6.07) is 4.27. The quantitative estimate of drug-likeness (QED) is 0.767. The summed E-state index contributed by atoms with van der Waals surface area (Å²) in [5.41, 5.74) is 0.355. The summed E-state index contributed by atoms with van der Waals surface area (Å²) in [4.78, 5) is 0. The second kappa shape index (κ2) is 6.70. The van der Waals surface area contributed by atoms with Crippen LogP contribution in [0.25, 0.3) is 0 Å². The normalized spacial score (nSPS) is 11.5. The van der Waals surface area contributed by atoms with Crippen LogP contribution >= 0.6 is 0 Å². The van der Waals surface area contributed by atoms with Crippen molar-refractivity contribution in [2.45, 2.75) is 20.0 Å². The summed E-state index contributed by atoms with van der Waals surface area (Å²) in [7, 11) is -3.02. The molecule has 102 valence electrons. The van der Waals surface area contributed by atoms with Crippen molar-refractivity contribution in [1.82, 2.24) is 0 Å². The van der Waals surface area contributed by atoms with Gasteiger partial charge in [0, 0.05) is 11.3 Å². The van der Waals surface area contributed by atoms with E-state index < -0.39 is 15.7 Å². The third-order valence-electron chi connectivity index (χ3n) is 2.50. The number of hydrogen-bond donors (Lipinski definition) is 1. The molecule has 0 bridgehead atoms. The molecule has 0 aliphatic heterocycles. The van der Waals surface area contributed by atoms with Crippen LogP contribution in [0, 0.1) is 5.82 Å². The van der Waals surface area contributed by atoms with E-state index in [1.54, 1.807) is 13.0 Å². The first-order valence-corrected chi connectivity index (χ1v) is 7.53. The fourth-order valence-electron chi connectivity index (χ4n) is 1.44. The molecule has 0 atom stereocenters. The first-order chi connectivity index (χ1) is 8.50. The van der Waals surface area contributed by atoms with Crippen molar-refractivity contribution in [3.63, 3.8) is 0 Å². The van der Waals surface area contributed by atoms with Crippen LogP contribution in [0.1, 0.15) is 18.9 Å². The highest BCUT2D eigenvalue weighted by molar-refractivity contribution is 7.91. The van der Waals surface area contributed by atoms with Gasteiger partial charge in [-0.25, -0.2) is 12.8 Å². The Bertz CT molecular complexity index is 485. The minimum Gasteiger partial charge on any atom is -0.490 e. The third kappa shape index (κ3) is 4.27. The van der Waals surface area contributed by atoms with E-state index in [9.17, 15) is 12.8 Å². The number of benzene rings is 1. The van der Waals surface area contributed by atoms with Crippen LogP contribution in [0.3, 0.4) is 0 Å². The largest absolute Gasteiger partial charge is 0.490 e. The number of halogens is 1. The van der Waals surface area contributed by atoms with Gasteiger partial charge >= 0.3 is 0 Å². The Morgan fingerprint density at radius 1 is 1.39 bits per heavy atom. The molecule has 1 aromatic rings. The smallest absolute Gasteiger partial charge is 0.165 e. The molecule has 0 saturated heterocycles. The summed E-state index contributed by atoms with van der Waals surface area (Å²) >= 11 is 0. The molecule has 1 aromatic carbocycles. The van der Waals surface area contributed by atoms with Gasteiger partial charge in [0.1, 0.15) is 9.84 Å². The standard InChI is InChI=1S/C12H17FO4S/c1-2-18(15,16)8-4-7-17-12-10(9-14)5-3-6-11(12)13/h3,5-6,14H,2,4,7-9H2,1H3. The first-order valence-electron chi connectivity index (χ1n) is 5.71. The lowest BCUT2D eigenvalue weighted by Crippen LogP contribution is -2.12. The van der Waals surface area contributed by atoms with E-state index in [4.69, 9.17) is 9.84 Å². The minimum atomic E-state index is -3.02. The molecule has 1 rings (SSSR count). The number of aliphatic hydroxyl groups excluding tert-OH is 1. The lowest BCUT2D eigenvalue weighted by molar-refractivity contribution is 0.256. The molecule has 18 heavy (non-hydrogen) atoms. The molecule has 0 heterocycles. The van der Waals surface area contributed by atoms with Crippen LogP contribution in [-0.4, -0.2) is 31.6 Å². The van der Waals surface area contributed by atoms with Gasteiger partial charge in [-0.1, -0.05) is 19.1 Å². The van der Waals surface area contributed by atoms with Gasteiger partial charge < -0.3 is 9.84 Å². The van der Waals surface area contributed by atoms with E-state index in [-0.39, 0.29) is 30.5 Å². The Morgan fingerprint density at radius 2 is 2.11 bits per heavy atom. The fraction of sp³-hybridized carbons (Fsp3) is 0.500. The molecule has 0 amide bonds. The molecule has 4 nitrogen and oxygen atoms in total. The molecule has 0 radical (unpaired) electrons. The Kier molecular flexibility index (Phi) is 5.55. The Balaban J connectivity index is 2.54. The van der Waals surface area contributed by atoms with Crippen molar-refractivity contribution in [2.24, 2.45) is 0 Å². The topological polar surface area (TPSA) is 63.6 Å². The number of sulfone groups is 1. The van der Waals surface area contributed by atoms with E-state index in [0.29, 0.717) is 12.0 Å². The summed E-state index contributed by atoms with van der Waals surface area (Å²) in [6.45, 7) is 1.37. The number of aliphatic hydroxyl groups is 1. The van der Waals surface area contributed by atoms with Gasteiger partial charge in [0.25, 0.3) is 0 Å². The highest BCUT2D eigenvalue weighted by Gasteiger charge is 2.10. The Morgan fingerprint density at radius 3 is 2.72 bits per heavy atom. The maximum Gasteiger partial charge on any atom is 0.165 e. The van der Waals surface area contributed by atoms with Gasteiger partial charge in [-0.3, -0.25) is 0 Å². The van der Waals surface area contributed by atoms with Crippen LogP contribution in [0.15, 0.2) is 18.2 Å². The van der Waals surface area contributed by atoms with Crippen molar-refractivity contribution in [3.05, 3.63) is 29.6 Å². The first kappa shape index (κ1) is 14.9. The van der Waals surface area contributed by atoms with Gasteiger partial charge in [-0.05, 0) is 12.5 Å². The van der Waals surface area contributed by atoms with Crippen molar-refractivity contribution in [1.29, 1.82) is 0 Å². The second-order valence-corrected chi connectivity index (χ2v) is 6.30. The van der Waals surface area contributed by atoms with Crippen LogP contribution in [0.4, 0.5) is 4.39 Å². The molecular formula is C12H17FO4S. The van der Waals surface area contributed by atoms with E-state index in [2.05, 4.69) is 0 Å². The second-order valence-electron chi connectivity index (χ2n) is 3.82. The zero-order valence-electron chi connectivity index (χ0n) is 10.2. The molecule has 0 aliphatic rings. The van der Waals surface area contributed by atoms with Crippen molar-refractivity contribution >= 4 is 9.84 Å². The fourth-order valence-corrected chi connectivity index (χ4v) is 2.28. The average Bonchev–Trinajstić information content (AvgIpc) is 2.36. The van der Waals surface area contributed by atoms with Gasteiger partial charge in [-0.2, -0.15) is 0 Å². The van der Waals surface area contributed by atoms with E-state index in [1.807, 2.05) is 0 Å². The van der Waals surface area contributed by atoms with Crippen molar-refractivity contribution in [2.75, 3.05) is 18.1 Å². The zero-order valence-corrected chi connectivity index (χ0v) is 11.0. The SMILES string of the molecule is CCS(=O)(=O)CCCOc1c(F)cccc1CO. The molecule has 0 spiro atoms. The van der Waals surface area contributed by atoms with Crippen LogP contribution in [-0.2, 0) is 16.4 Å². The molecule has 0 aliphatic carbocycles. The average molecular weight is 276 g/mol. The van der Waals surface area contributed by atoms with Gasteiger partial charge in [0.15, 0.2) is 11.6 Å². The molecule has 0 aromatic heterocycles. The van der Waals surface area contributed by atoms with Crippen LogP contribution in [0.2, 0.25) is 0 Å². The van der Waals surface area contributed by atoms with Gasteiger partial charge in [0.05, 0.1) is 19.0 Å². The lowest BCUT2D eigenvalue weighted by Gasteiger charge is -2.10. The molecule has 1 N–H and O–H groups in total. The van der Waals surface area contributed by atoms with Gasteiger partial charge in [0.2, 0.25) is 0 Å². The minimum absolute atomic E-state index is 0.00565. The monoisotopic (exact) mass is 276 g/mol. The zero-order chi connectivity index (χ0) is 13.6. The van der Waals surface area contributed by atoms with E-state index in [0.717, 1.165) is 0 Å². The third-order valence-corrected chi connectivity index (χ3v) is 4.30. The maximum absolute atomic E-state index is 13.4. The van der Waals surface area contributed by atoms with Crippen LogP contribution < -0.4 is 4.74 Å². The lowest BCUT2D eigenvalue weighted by atomic mass is 10.2. The summed E-state index contributed by atoms with van der Waals surface area (Å²) in [6.07, 6.45) is 0.301. The predicted octanol–water partition coefficient (Wildman–Crippen LogP) is 1.52. The number of para-hydroxylation sites is 1. The molecule has 0 saturated carbocycles. The maximum atomic E-state index is 13.4. The summed E-state index contributed by atoms with van der Waals surface area (Å²) < 4.78 is 41.1. The molecule has 0 fully saturated rings. The van der Waals surface area contributed by atoms with Crippen molar-refractivity contribution in [3.8, 4) is 5.75 Å². The Labute approximate surface area is 106 Å². The number of ether oxygens (including phenoxy) is 1. The predicted molar refractivity (Wildman–Crippen MR) is 66.8 cm³/mol. The van der Waals surface area contributed by atoms with E-state index >= 15 is 0 Å². The Hall–Kier alpha value is -1.14. The summed E-state index contributed by atoms with van der Waals surface area (Å²) in [5, 5.41) is 9.02. The van der Waals surface area contributed by atoms with Gasteiger partial charge in [-0.15, -0.1) is 0 Å². The van der Waals surface area contributed by atoms with Crippen LogP contribution in [0.5, 0.6) is 5.75 Å². The summed E-state index contributed by atoms with van der Waals surface area (Å²) in [5.74, 6) is -0.449. The van der Waals surface area contributed by atoms with E-state index in [1.165, 1.54) is 12.1 Å².